The largest absolute Gasteiger partial charge is 0.349 e. The molecule has 0 aliphatic heterocycles. The van der Waals surface area contributed by atoms with Crippen molar-refractivity contribution in [1.29, 1.82) is 0 Å². The van der Waals surface area contributed by atoms with E-state index in [1.165, 1.54) is 11.4 Å². The first-order chi connectivity index (χ1) is 6.56. The lowest BCUT2D eigenvalue weighted by Crippen LogP contribution is -2.08. The van der Waals surface area contributed by atoms with Crippen LogP contribution in [0, 0.1) is 19.8 Å². The zero-order valence-electron chi connectivity index (χ0n) is 9.50. The van der Waals surface area contributed by atoms with Crippen LogP contribution in [-0.2, 0) is 17.8 Å². The molecule has 1 aromatic rings. The van der Waals surface area contributed by atoms with Gasteiger partial charge in [0, 0.05) is 24.4 Å². The highest BCUT2D eigenvalue weighted by molar-refractivity contribution is 5.56. The smallest absolute Gasteiger partial charge is 0.124 e. The molecule has 0 saturated heterocycles. The molecular formula is C12H19NO. The molecule has 0 aliphatic rings. The molecule has 0 saturated carbocycles. The third-order valence-corrected chi connectivity index (χ3v) is 2.53. The van der Waals surface area contributed by atoms with Crippen molar-refractivity contribution in [1.82, 2.24) is 4.57 Å². The van der Waals surface area contributed by atoms with E-state index in [1.807, 2.05) is 0 Å². The van der Waals surface area contributed by atoms with E-state index < -0.39 is 0 Å². The minimum atomic E-state index is 0.539. The van der Waals surface area contributed by atoms with Crippen LogP contribution in [0.5, 0.6) is 0 Å². The van der Waals surface area contributed by atoms with Gasteiger partial charge in [0.1, 0.15) is 6.29 Å². The van der Waals surface area contributed by atoms with Gasteiger partial charge in [0.15, 0.2) is 0 Å². The normalized spacial score (nSPS) is 10.9. The van der Waals surface area contributed by atoms with Crippen LogP contribution in [-0.4, -0.2) is 10.9 Å². The molecule has 0 spiro atoms. The van der Waals surface area contributed by atoms with E-state index in [2.05, 4.69) is 38.3 Å². The second kappa shape index (κ2) is 4.45. The molecule has 1 rings (SSSR count). The Morgan fingerprint density at radius 2 is 2.07 bits per heavy atom. The average Bonchev–Trinajstić information content (AvgIpc) is 2.33. The number of carbonyl (C=O) groups excluding carboxylic acids is 1. The molecule has 0 aliphatic carbocycles. The highest BCUT2D eigenvalue weighted by Gasteiger charge is 2.09. The summed E-state index contributed by atoms with van der Waals surface area (Å²) in [5.74, 6) is 0.642. The minimum Gasteiger partial charge on any atom is -0.349 e. The SMILES string of the molecule is Cc1cc(CC=O)c(C)n1CC(C)C. The van der Waals surface area contributed by atoms with E-state index in [1.54, 1.807) is 0 Å². The Kier molecular flexibility index (Phi) is 3.50. The van der Waals surface area contributed by atoms with Crippen molar-refractivity contribution in [2.75, 3.05) is 0 Å². The van der Waals surface area contributed by atoms with Crippen molar-refractivity contribution in [2.24, 2.45) is 5.92 Å². The van der Waals surface area contributed by atoms with Crippen LogP contribution in [0.1, 0.15) is 30.8 Å². The summed E-state index contributed by atoms with van der Waals surface area (Å²) < 4.78 is 2.30. The first-order valence-corrected chi connectivity index (χ1v) is 5.15. The second-order valence-corrected chi connectivity index (χ2v) is 4.27. The maximum absolute atomic E-state index is 10.5. The molecule has 2 heteroatoms. The molecule has 0 N–H and O–H groups in total. The van der Waals surface area contributed by atoms with Crippen molar-refractivity contribution in [3.63, 3.8) is 0 Å². The molecule has 0 unspecified atom stereocenters. The quantitative estimate of drug-likeness (QED) is 0.673. The standard InChI is InChI=1S/C12H19NO/c1-9(2)8-13-10(3)7-12(5-6-14)11(13)4/h6-7,9H,5,8H2,1-4H3. The van der Waals surface area contributed by atoms with Crippen LogP contribution in [0.2, 0.25) is 0 Å². The van der Waals surface area contributed by atoms with Crippen LogP contribution in [0.3, 0.4) is 0 Å². The average molecular weight is 193 g/mol. The zero-order valence-corrected chi connectivity index (χ0v) is 9.50. The second-order valence-electron chi connectivity index (χ2n) is 4.27. The Morgan fingerprint density at radius 3 is 2.57 bits per heavy atom. The van der Waals surface area contributed by atoms with Crippen molar-refractivity contribution in [3.8, 4) is 0 Å². The highest BCUT2D eigenvalue weighted by Crippen LogP contribution is 2.16. The predicted molar refractivity (Wildman–Crippen MR) is 58.5 cm³/mol. The van der Waals surface area contributed by atoms with Gasteiger partial charge in [-0.3, -0.25) is 0 Å². The summed E-state index contributed by atoms with van der Waals surface area (Å²) in [6.07, 6.45) is 1.51. The Balaban J connectivity index is 2.98. The molecule has 0 atom stereocenters. The number of hydrogen-bond donors (Lipinski definition) is 0. The van der Waals surface area contributed by atoms with Crippen LogP contribution < -0.4 is 0 Å². The van der Waals surface area contributed by atoms with E-state index in [0.29, 0.717) is 12.3 Å². The van der Waals surface area contributed by atoms with Gasteiger partial charge in [-0.25, -0.2) is 0 Å². The molecule has 78 valence electrons. The minimum absolute atomic E-state index is 0.539. The van der Waals surface area contributed by atoms with Gasteiger partial charge < -0.3 is 9.36 Å². The maximum Gasteiger partial charge on any atom is 0.124 e. The summed E-state index contributed by atoms with van der Waals surface area (Å²) >= 11 is 0. The Hall–Kier alpha value is -1.05. The van der Waals surface area contributed by atoms with Crippen LogP contribution in [0.4, 0.5) is 0 Å². The van der Waals surface area contributed by atoms with E-state index in [0.717, 1.165) is 18.4 Å². The van der Waals surface area contributed by atoms with E-state index in [9.17, 15) is 4.79 Å². The summed E-state index contributed by atoms with van der Waals surface area (Å²) in [5, 5.41) is 0. The van der Waals surface area contributed by atoms with E-state index >= 15 is 0 Å². The first kappa shape index (κ1) is 11.0. The Labute approximate surface area is 85.9 Å². The lowest BCUT2D eigenvalue weighted by atomic mass is 10.2. The summed E-state index contributed by atoms with van der Waals surface area (Å²) in [5.41, 5.74) is 3.66. The number of rotatable bonds is 4. The van der Waals surface area contributed by atoms with Gasteiger partial charge in [0.2, 0.25) is 0 Å². The number of carbonyl (C=O) groups is 1. The van der Waals surface area contributed by atoms with Gasteiger partial charge in [0.25, 0.3) is 0 Å². The van der Waals surface area contributed by atoms with Gasteiger partial charge in [-0.15, -0.1) is 0 Å². The summed E-state index contributed by atoms with van der Waals surface area (Å²) in [6.45, 7) is 9.64. The maximum atomic E-state index is 10.5. The Morgan fingerprint density at radius 1 is 1.43 bits per heavy atom. The third kappa shape index (κ3) is 2.25. The molecule has 1 aromatic heterocycles. The van der Waals surface area contributed by atoms with Gasteiger partial charge >= 0.3 is 0 Å². The summed E-state index contributed by atoms with van der Waals surface area (Å²) in [6, 6.07) is 2.12. The van der Waals surface area contributed by atoms with Crippen LogP contribution in [0.15, 0.2) is 6.07 Å². The molecule has 0 aromatic carbocycles. The fraction of sp³-hybridized carbons (Fsp3) is 0.583. The molecule has 14 heavy (non-hydrogen) atoms. The van der Waals surface area contributed by atoms with Gasteiger partial charge in [-0.1, -0.05) is 13.8 Å². The molecule has 2 nitrogen and oxygen atoms in total. The molecular weight excluding hydrogens is 174 g/mol. The number of aldehydes is 1. The number of aryl methyl sites for hydroxylation is 1. The lowest BCUT2D eigenvalue weighted by molar-refractivity contribution is -0.107. The highest BCUT2D eigenvalue weighted by atomic mass is 16.1. The van der Waals surface area contributed by atoms with Crippen molar-refractivity contribution < 1.29 is 4.79 Å². The molecule has 0 amide bonds. The van der Waals surface area contributed by atoms with Gasteiger partial charge in [-0.2, -0.15) is 0 Å². The number of hydrogen-bond acceptors (Lipinski definition) is 1. The van der Waals surface area contributed by atoms with Crippen molar-refractivity contribution in [2.45, 2.75) is 40.7 Å². The summed E-state index contributed by atoms with van der Waals surface area (Å²) in [4.78, 5) is 10.5. The van der Waals surface area contributed by atoms with Gasteiger partial charge in [0.05, 0.1) is 0 Å². The first-order valence-electron chi connectivity index (χ1n) is 5.15. The summed E-state index contributed by atoms with van der Waals surface area (Å²) in [7, 11) is 0. The predicted octanol–water partition coefficient (Wildman–Crippen LogP) is 2.50. The van der Waals surface area contributed by atoms with E-state index in [4.69, 9.17) is 0 Å². The fourth-order valence-electron chi connectivity index (χ4n) is 1.81. The molecule has 0 bridgehead atoms. The topological polar surface area (TPSA) is 22.0 Å². The Bertz CT molecular complexity index is 323. The lowest BCUT2D eigenvalue weighted by Gasteiger charge is -2.12. The number of aromatic nitrogens is 1. The molecule has 0 radical (unpaired) electrons. The van der Waals surface area contributed by atoms with Crippen LogP contribution in [0.25, 0.3) is 0 Å². The van der Waals surface area contributed by atoms with Crippen molar-refractivity contribution in [3.05, 3.63) is 23.0 Å². The van der Waals surface area contributed by atoms with Crippen molar-refractivity contribution >= 4 is 6.29 Å². The monoisotopic (exact) mass is 193 g/mol. The number of nitrogens with zero attached hydrogens (tertiary/aromatic N) is 1. The van der Waals surface area contributed by atoms with E-state index in [-0.39, 0.29) is 0 Å². The zero-order chi connectivity index (χ0) is 10.7. The van der Waals surface area contributed by atoms with Crippen LogP contribution >= 0.6 is 0 Å². The fourth-order valence-corrected chi connectivity index (χ4v) is 1.81. The molecule has 1 heterocycles. The molecule has 0 fully saturated rings. The van der Waals surface area contributed by atoms with Gasteiger partial charge in [-0.05, 0) is 31.4 Å². The third-order valence-electron chi connectivity index (χ3n) is 2.53.